The van der Waals surface area contributed by atoms with Crippen LogP contribution in [-0.4, -0.2) is 77.7 Å². The quantitative estimate of drug-likeness (QED) is 0.449. The zero-order valence-corrected chi connectivity index (χ0v) is 23.9. The minimum Gasteiger partial charge on any atom is -0.378 e. The van der Waals surface area contributed by atoms with Crippen molar-refractivity contribution in [2.24, 2.45) is 4.99 Å². The van der Waals surface area contributed by atoms with Crippen molar-refractivity contribution >= 4 is 45.8 Å². The number of morpholine rings is 1. The van der Waals surface area contributed by atoms with E-state index in [1.165, 1.54) is 11.8 Å². The molecule has 10 heteroatoms. The van der Waals surface area contributed by atoms with E-state index in [1.54, 1.807) is 11.1 Å². The van der Waals surface area contributed by atoms with Gasteiger partial charge in [0.2, 0.25) is 11.8 Å². The van der Waals surface area contributed by atoms with E-state index >= 15 is 0 Å². The molecule has 6 rings (SSSR count). The number of aromatic nitrogens is 1. The number of aliphatic imine (C=N–C) groups is 1. The fourth-order valence-corrected chi connectivity index (χ4v) is 6.60. The second kappa shape index (κ2) is 12.4. The highest BCUT2D eigenvalue weighted by molar-refractivity contribution is 8.15. The summed E-state index contributed by atoms with van der Waals surface area (Å²) >= 11 is 1.44. The van der Waals surface area contributed by atoms with Gasteiger partial charge in [0.1, 0.15) is 5.25 Å². The van der Waals surface area contributed by atoms with Crippen LogP contribution in [0.3, 0.4) is 0 Å². The van der Waals surface area contributed by atoms with Crippen LogP contribution in [0.25, 0.3) is 0 Å². The lowest BCUT2D eigenvalue weighted by Gasteiger charge is -2.28. The van der Waals surface area contributed by atoms with E-state index in [4.69, 9.17) is 9.73 Å². The SMILES string of the molecule is CN1CCC[C@H]1C(=O)Nc1ccc(C2SC(=Nc3ccc(N4CCOCC4)cc3)N(Cc3ccccn3)C2=O)cc1. The zero-order valence-electron chi connectivity index (χ0n) is 23.1. The molecule has 0 radical (unpaired) electrons. The fourth-order valence-electron chi connectivity index (χ4n) is 5.43. The number of carbonyl (C=O) groups is 2. The number of anilines is 2. The van der Waals surface area contributed by atoms with Crippen molar-refractivity contribution in [1.82, 2.24) is 14.8 Å². The van der Waals surface area contributed by atoms with Gasteiger partial charge in [0, 0.05) is 30.7 Å². The van der Waals surface area contributed by atoms with Crippen LogP contribution in [0.2, 0.25) is 0 Å². The number of nitrogens with zero attached hydrogens (tertiary/aromatic N) is 5. The maximum atomic E-state index is 13.7. The number of rotatable bonds is 7. The molecule has 1 N–H and O–H groups in total. The third kappa shape index (κ3) is 6.29. The predicted molar refractivity (Wildman–Crippen MR) is 162 cm³/mol. The van der Waals surface area contributed by atoms with Crippen molar-refractivity contribution < 1.29 is 14.3 Å². The number of hydrogen-bond acceptors (Lipinski definition) is 8. The summed E-state index contributed by atoms with van der Waals surface area (Å²) in [5.74, 6) is -0.0200. The third-order valence-electron chi connectivity index (χ3n) is 7.75. The molecular weight excluding hydrogens is 536 g/mol. The van der Waals surface area contributed by atoms with E-state index in [1.807, 2.05) is 61.6 Å². The summed E-state index contributed by atoms with van der Waals surface area (Å²) in [5, 5.41) is 3.24. The summed E-state index contributed by atoms with van der Waals surface area (Å²) in [7, 11) is 1.98. The maximum absolute atomic E-state index is 13.7. The molecule has 212 valence electrons. The Hall–Kier alpha value is -3.73. The molecule has 3 saturated heterocycles. The van der Waals surface area contributed by atoms with E-state index < -0.39 is 5.25 Å². The van der Waals surface area contributed by atoms with Crippen LogP contribution in [0.5, 0.6) is 0 Å². The van der Waals surface area contributed by atoms with Gasteiger partial charge in [0.05, 0.1) is 37.2 Å². The molecule has 1 unspecified atom stereocenters. The Morgan fingerprint density at radius 2 is 1.83 bits per heavy atom. The molecule has 3 aliphatic rings. The molecule has 3 fully saturated rings. The Kier molecular flexibility index (Phi) is 8.31. The molecule has 2 amide bonds. The summed E-state index contributed by atoms with van der Waals surface area (Å²) in [6, 6.07) is 21.3. The molecule has 0 saturated carbocycles. The van der Waals surface area contributed by atoms with Crippen LogP contribution in [0.4, 0.5) is 17.1 Å². The van der Waals surface area contributed by atoms with Gasteiger partial charge in [-0.2, -0.15) is 0 Å². The number of likely N-dealkylation sites (N-methyl/N-ethyl adjacent to an activating group) is 1. The zero-order chi connectivity index (χ0) is 28.2. The lowest BCUT2D eigenvalue weighted by Crippen LogP contribution is -2.37. The highest BCUT2D eigenvalue weighted by atomic mass is 32.2. The molecule has 0 aliphatic carbocycles. The van der Waals surface area contributed by atoms with Gasteiger partial charge in [-0.05, 0) is 80.5 Å². The van der Waals surface area contributed by atoms with Crippen molar-refractivity contribution in [3.05, 3.63) is 84.2 Å². The minimum absolute atomic E-state index is 0.0136. The van der Waals surface area contributed by atoms with Gasteiger partial charge in [-0.15, -0.1) is 0 Å². The second-order valence-corrected chi connectivity index (χ2v) is 11.6. The summed E-state index contributed by atoms with van der Waals surface area (Å²) in [6.45, 7) is 4.50. The van der Waals surface area contributed by atoms with Crippen molar-refractivity contribution in [1.29, 1.82) is 0 Å². The Bertz CT molecular complexity index is 1390. The van der Waals surface area contributed by atoms with Crippen molar-refractivity contribution in [3.8, 4) is 0 Å². The summed E-state index contributed by atoms with van der Waals surface area (Å²) in [6.07, 6.45) is 3.64. The van der Waals surface area contributed by atoms with Gasteiger partial charge in [0.15, 0.2) is 5.17 Å². The Labute approximate surface area is 244 Å². The highest BCUT2D eigenvalue weighted by Crippen LogP contribution is 2.41. The van der Waals surface area contributed by atoms with Crippen LogP contribution < -0.4 is 10.2 Å². The van der Waals surface area contributed by atoms with Crippen LogP contribution >= 0.6 is 11.8 Å². The summed E-state index contributed by atoms with van der Waals surface area (Å²) in [5.41, 5.74) is 4.33. The number of benzene rings is 2. The van der Waals surface area contributed by atoms with E-state index in [0.717, 1.165) is 74.0 Å². The molecule has 0 bridgehead atoms. The van der Waals surface area contributed by atoms with Crippen molar-refractivity contribution in [2.75, 3.05) is 50.1 Å². The Morgan fingerprint density at radius 1 is 1.05 bits per heavy atom. The number of thioether (sulfide) groups is 1. The molecular formula is C31H34N6O3S. The number of ether oxygens (including phenoxy) is 1. The first-order valence-corrected chi connectivity index (χ1v) is 14.9. The van der Waals surface area contributed by atoms with Crippen LogP contribution in [0.1, 0.15) is 29.3 Å². The first-order valence-electron chi connectivity index (χ1n) is 14.1. The normalized spacial score (nSPS) is 22.5. The number of carbonyl (C=O) groups excluding carboxylic acids is 2. The summed E-state index contributed by atoms with van der Waals surface area (Å²) < 4.78 is 5.47. The van der Waals surface area contributed by atoms with Gasteiger partial charge in [-0.25, -0.2) is 4.99 Å². The lowest BCUT2D eigenvalue weighted by atomic mass is 10.1. The van der Waals surface area contributed by atoms with E-state index in [0.29, 0.717) is 11.7 Å². The van der Waals surface area contributed by atoms with E-state index in [2.05, 4.69) is 32.2 Å². The van der Waals surface area contributed by atoms with E-state index in [9.17, 15) is 9.59 Å². The van der Waals surface area contributed by atoms with Crippen LogP contribution in [0.15, 0.2) is 77.9 Å². The number of amidine groups is 1. The number of amides is 2. The van der Waals surface area contributed by atoms with Crippen molar-refractivity contribution in [3.63, 3.8) is 0 Å². The monoisotopic (exact) mass is 570 g/mol. The highest BCUT2D eigenvalue weighted by Gasteiger charge is 2.39. The van der Waals surface area contributed by atoms with Gasteiger partial charge >= 0.3 is 0 Å². The molecule has 41 heavy (non-hydrogen) atoms. The molecule has 2 aromatic carbocycles. The molecule has 4 heterocycles. The number of pyridine rings is 1. The first kappa shape index (κ1) is 27.4. The predicted octanol–water partition coefficient (Wildman–Crippen LogP) is 4.46. The number of likely N-dealkylation sites (tertiary alicyclic amines) is 1. The van der Waals surface area contributed by atoms with E-state index in [-0.39, 0.29) is 17.9 Å². The fraction of sp³-hybridized carbons (Fsp3) is 0.355. The lowest BCUT2D eigenvalue weighted by molar-refractivity contribution is -0.126. The van der Waals surface area contributed by atoms with Gasteiger partial charge in [-0.1, -0.05) is 30.0 Å². The standard InChI is InChI=1S/C31H34N6O3S/c1-35-16-4-6-27(35)29(38)33-23-9-7-22(8-10-23)28-30(39)37(21-25-5-2-3-15-32-25)31(41-28)34-24-11-13-26(14-12-24)36-17-19-40-20-18-36/h2-3,5,7-15,27-28H,4,6,16-21H2,1H3,(H,33,38)/t27-,28?/m0/s1. The molecule has 3 aromatic rings. The smallest absolute Gasteiger partial charge is 0.247 e. The summed E-state index contributed by atoms with van der Waals surface area (Å²) in [4.78, 5) is 41.9. The van der Waals surface area contributed by atoms with Crippen LogP contribution in [0, 0.1) is 0 Å². The van der Waals surface area contributed by atoms with Gasteiger partial charge < -0.3 is 15.0 Å². The Balaban J connectivity index is 1.21. The number of hydrogen-bond donors (Lipinski definition) is 1. The molecule has 1 aromatic heterocycles. The number of nitrogens with one attached hydrogen (secondary N) is 1. The van der Waals surface area contributed by atoms with Gasteiger partial charge in [0.25, 0.3) is 0 Å². The van der Waals surface area contributed by atoms with Gasteiger partial charge in [-0.3, -0.25) is 24.4 Å². The topological polar surface area (TPSA) is 90.4 Å². The first-order chi connectivity index (χ1) is 20.0. The molecule has 3 aliphatic heterocycles. The molecule has 0 spiro atoms. The average Bonchev–Trinajstić information content (AvgIpc) is 3.57. The Morgan fingerprint density at radius 3 is 2.51 bits per heavy atom. The minimum atomic E-state index is -0.434. The second-order valence-electron chi connectivity index (χ2n) is 10.5. The molecule has 9 nitrogen and oxygen atoms in total. The molecule has 2 atom stereocenters. The van der Waals surface area contributed by atoms with Crippen molar-refractivity contribution in [2.45, 2.75) is 30.7 Å². The third-order valence-corrected chi connectivity index (χ3v) is 8.98. The largest absolute Gasteiger partial charge is 0.378 e. The maximum Gasteiger partial charge on any atom is 0.247 e. The van der Waals surface area contributed by atoms with Crippen LogP contribution in [-0.2, 0) is 20.9 Å². The average molecular weight is 571 g/mol.